The Hall–Kier alpha value is -2.78. The summed E-state index contributed by atoms with van der Waals surface area (Å²) in [7, 11) is 0. The number of ether oxygens (including phenoxy) is 2. The molecule has 1 saturated heterocycles. The lowest BCUT2D eigenvalue weighted by Gasteiger charge is -2.33. The predicted molar refractivity (Wildman–Crippen MR) is 103 cm³/mol. The molecule has 1 N–H and O–H groups in total. The van der Waals surface area contributed by atoms with Gasteiger partial charge in [0.1, 0.15) is 12.0 Å². The fourth-order valence-electron chi connectivity index (χ4n) is 3.19. The molecule has 2 aromatic rings. The van der Waals surface area contributed by atoms with Crippen LogP contribution >= 0.6 is 0 Å². The molecule has 0 saturated carbocycles. The number of rotatable bonds is 8. The highest BCUT2D eigenvalue weighted by molar-refractivity contribution is 5.89. The summed E-state index contributed by atoms with van der Waals surface area (Å²) in [6, 6.07) is 5.34. The van der Waals surface area contributed by atoms with Gasteiger partial charge in [-0.05, 0) is 30.7 Å². The summed E-state index contributed by atoms with van der Waals surface area (Å²) in [6.45, 7) is 4.42. The van der Waals surface area contributed by atoms with E-state index in [0.717, 1.165) is 6.07 Å². The van der Waals surface area contributed by atoms with Crippen molar-refractivity contribution in [2.75, 3.05) is 32.8 Å². The van der Waals surface area contributed by atoms with Crippen molar-refractivity contribution >= 4 is 11.9 Å². The van der Waals surface area contributed by atoms with Crippen molar-refractivity contribution in [2.24, 2.45) is 0 Å². The van der Waals surface area contributed by atoms with Crippen molar-refractivity contribution < 1.29 is 32.3 Å². The van der Waals surface area contributed by atoms with Crippen LogP contribution in [0, 0.1) is 11.6 Å². The van der Waals surface area contributed by atoms with E-state index in [1.165, 1.54) is 18.4 Å². The molecule has 9 heteroatoms. The third-order valence-corrected chi connectivity index (χ3v) is 4.64. The van der Waals surface area contributed by atoms with Crippen LogP contribution in [0.2, 0.25) is 0 Å². The van der Waals surface area contributed by atoms with E-state index < -0.39 is 17.6 Å². The van der Waals surface area contributed by atoms with E-state index in [1.54, 1.807) is 13.0 Å². The van der Waals surface area contributed by atoms with Gasteiger partial charge in [-0.15, -0.1) is 0 Å². The molecule has 1 aromatic carbocycles. The zero-order chi connectivity index (χ0) is 21.5. The lowest BCUT2D eigenvalue weighted by Crippen LogP contribution is -2.47. The van der Waals surface area contributed by atoms with E-state index in [4.69, 9.17) is 13.9 Å². The Labute approximate surface area is 172 Å². The summed E-state index contributed by atoms with van der Waals surface area (Å²) < 4.78 is 42.2. The number of nitrogens with zero attached hydrogens (tertiary/aromatic N) is 1. The molecule has 2 heterocycles. The highest BCUT2D eigenvalue weighted by Crippen LogP contribution is 2.14. The van der Waals surface area contributed by atoms with Crippen LogP contribution in [0.25, 0.3) is 0 Å². The maximum atomic E-state index is 13.4. The van der Waals surface area contributed by atoms with E-state index in [2.05, 4.69) is 10.2 Å². The third-order valence-electron chi connectivity index (χ3n) is 4.64. The van der Waals surface area contributed by atoms with Gasteiger partial charge in [-0.2, -0.15) is 0 Å². The second kappa shape index (κ2) is 10.3. The predicted octanol–water partition coefficient (Wildman–Crippen LogP) is 2.29. The van der Waals surface area contributed by atoms with E-state index >= 15 is 0 Å². The summed E-state index contributed by atoms with van der Waals surface area (Å²) in [5.41, 5.74) is 0.942. The summed E-state index contributed by atoms with van der Waals surface area (Å²) in [5, 5.41) is 2.79. The number of hydrogen-bond donors (Lipinski definition) is 1. The van der Waals surface area contributed by atoms with Crippen molar-refractivity contribution in [3.05, 3.63) is 59.1 Å². The molecule has 1 amide bonds. The summed E-state index contributed by atoms with van der Waals surface area (Å²) in [4.78, 5) is 25.9. The molecular formula is C21H24F2N2O5. The third kappa shape index (κ3) is 6.11. The van der Waals surface area contributed by atoms with Gasteiger partial charge < -0.3 is 19.2 Å². The van der Waals surface area contributed by atoms with Crippen LogP contribution in [0.5, 0.6) is 0 Å². The second-order valence-corrected chi connectivity index (χ2v) is 6.98. The zero-order valence-electron chi connectivity index (χ0n) is 16.7. The van der Waals surface area contributed by atoms with E-state index in [1.807, 2.05) is 0 Å². The highest BCUT2D eigenvalue weighted by Gasteiger charge is 2.22. The molecular weight excluding hydrogens is 398 g/mol. The molecule has 0 spiro atoms. The molecule has 162 valence electrons. The SMILES string of the molecule is CCOC(=O)c1coc(CC(=O)NC[C@H]2CN(Cc3ccc(F)c(F)c3)CCO2)c1. The molecule has 1 aromatic heterocycles. The number of hydrogen-bond acceptors (Lipinski definition) is 6. The number of furan rings is 1. The topological polar surface area (TPSA) is 81.0 Å². The van der Waals surface area contributed by atoms with Crippen LogP contribution in [-0.4, -0.2) is 55.7 Å². The average molecular weight is 422 g/mol. The van der Waals surface area contributed by atoms with Crippen LogP contribution < -0.4 is 5.32 Å². The Bertz CT molecular complexity index is 886. The number of amides is 1. The quantitative estimate of drug-likeness (QED) is 0.658. The summed E-state index contributed by atoms with van der Waals surface area (Å²) >= 11 is 0. The summed E-state index contributed by atoms with van der Waals surface area (Å²) in [6.07, 6.45) is 1.03. The van der Waals surface area contributed by atoms with Gasteiger partial charge in [0.15, 0.2) is 11.6 Å². The van der Waals surface area contributed by atoms with Gasteiger partial charge in [0.2, 0.25) is 5.91 Å². The number of halogens is 2. The van der Waals surface area contributed by atoms with Crippen LogP contribution in [0.4, 0.5) is 8.78 Å². The van der Waals surface area contributed by atoms with E-state index in [-0.39, 0.29) is 30.6 Å². The maximum absolute atomic E-state index is 13.4. The van der Waals surface area contributed by atoms with Gasteiger partial charge in [0, 0.05) is 26.2 Å². The Morgan fingerprint density at radius 3 is 2.87 bits per heavy atom. The normalized spacial score (nSPS) is 17.0. The first-order chi connectivity index (χ1) is 14.4. The van der Waals surface area contributed by atoms with Crippen molar-refractivity contribution in [1.82, 2.24) is 10.2 Å². The molecule has 0 unspecified atom stereocenters. The number of esters is 1. The van der Waals surface area contributed by atoms with E-state index in [0.29, 0.717) is 44.1 Å². The fraction of sp³-hybridized carbons (Fsp3) is 0.429. The van der Waals surface area contributed by atoms with Crippen LogP contribution in [-0.2, 0) is 27.2 Å². The summed E-state index contributed by atoms with van der Waals surface area (Å²) in [5.74, 6) is -2.13. The Morgan fingerprint density at radius 1 is 1.27 bits per heavy atom. The molecule has 3 rings (SSSR count). The lowest BCUT2D eigenvalue weighted by atomic mass is 10.1. The first-order valence-corrected chi connectivity index (χ1v) is 9.73. The zero-order valence-corrected chi connectivity index (χ0v) is 16.7. The van der Waals surface area contributed by atoms with Crippen molar-refractivity contribution in [2.45, 2.75) is 26.0 Å². The van der Waals surface area contributed by atoms with Crippen molar-refractivity contribution in [3.63, 3.8) is 0 Å². The fourth-order valence-corrected chi connectivity index (χ4v) is 3.19. The Morgan fingerprint density at radius 2 is 2.10 bits per heavy atom. The molecule has 0 aliphatic carbocycles. The number of carbonyl (C=O) groups excluding carboxylic acids is 2. The van der Waals surface area contributed by atoms with Crippen molar-refractivity contribution in [3.8, 4) is 0 Å². The molecule has 1 aliphatic rings. The molecule has 1 fully saturated rings. The minimum absolute atomic E-state index is 0.00923. The average Bonchev–Trinajstić information content (AvgIpc) is 3.18. The molecule has 7 nitrogen and oxygen atoms in total. The number of morpholine rings is 1. The molecule has 1 aliphatic heterocycles. The minimum Gasteiger partial charge on any atom is -0.468 e. The maximum Gasteiger partial charge on any atom is 0.341 e. The number of nitrogens with one attached hydrogen (secondary N) is 1. The Balaban J connectivity index is 1.44. The molecule has 0 bridgehead atoms. The van der Waals surface area contributed by atoms with Gasteiger partial charge in [0.05, 0.1) is 31.3 Å². The Kier molecular flexibility index (Phi) is 7.53. The molecule has 1 atom stereocenters. The first kappa shape index (κ1) is 21.9. The van der Waals surface area contributed by atoms with Gasteiger partial charge in [-0.3, -0.25) is 9.69 Å². The van der Waals surface area contributed by atoms with Crippen LogP contribution in [0.3, 0.4) is 0 Å². The van der Waals surface area contributed by atoms with E-state index in [9.17, 15) is 18.4 Å². The number of carbonyl (C=O) groups is 2. The van der Waals surface area contributed by atoms with Gasteiger partial charge in [0.25, 0.3) is 0 Å². The molecule has 0 radical (unpaired) electrons. The van der Waals surface area contributed by atoms with Gasteiger partial charge in [-0.25, -0.2) is 13.6 Å². The highest BCUT2D eigenvalue weighted by atomic mass is 19.2. The smallest absolute Gasteiger partial charge is 0.341 e. The minimum atomic E-state index is -0.868. The lowest BCUT2D eigenvalue weighted by molar-refractivity contribution is -0.121. The van der Waals surface area contributed by atoms with Gasteiger partial charge >= 0.3 is 5.97 Å². The van der Waals surface area contributed by atoms with Crippen LogP contribution in [0.1, 0.15) is 28.6 Å². The van der Waals surface area contributed by atoms with Gasteiger partial charge in [-0.1, -0.05) is 6.07 Å². The largest absolute Gasteiger partial charge is 0.468 e. The monoisotopic (exact) mass is 422 g/mol. The number of benzene rings is 1. The van der Waals surface area contributed by atoms with Crippen LogP contribution in [0.15, 0.2) is 34.9 Å². The second-order valence-electron chi connectivity index (χ2n) is 6.98. The first-order valence-electron chi connectivity index (χ1n) is 9.73. The van der Waals surface area contributed by atoms with Crippen molar-refractivity contribution in [1.29, 1.82) is 0 Å². The standard InChI is InChI=1S/C21H24F2N2O5/c1-2-28-21(27)15-8-16(30-13-15)9-20(26)24-10-17-12-25(5-6-29-17)11-14-3-4-18(22)19(23)7-14/h3-4,7-8,13,17H,2,5-6,9-12H2,1H3,(H,24,26)/t17-/m0/s1. The molecule has 30 heavy (non-hydrogen) atoms.